The molecule has 0 saturated carbocycles. The van der Waals surface area contributed by atoms with E-state index in [0.717, 1.165) is 27.6 Å². The van der Waals surface area contributed by atoms with E-state index in [1.807, 2.05) is 50.2 Å². The zero-order valence-electron chi connectivity index (χ0n) is 19.4. The van der Waals surface area contributed by atoms with E-state index in [-0.39, 0.29) is 31.5 Å². The molecule has 4 aromatic rings. The molecule has 0 unspecified atom stereocenters. The minimum absolute atomic E-state index is 0.117. The van der Waals surface area contributed by atoms with Crippen LogP contribution in [0.25, 0.3) is 10.9 Å². The smallest absolute Gasteiger partial charge is 0.322 e. The van der Waals surface area contributed by atoms with Crippen LogP contribution < -0.4 is 20.3 Å². The monoisotopic (exact) mass is 489 g/mol. The number of aryl methyl sites for hydroxylation is 2. The summed E-state index contributed by atoms with van der Waals surface area (Å²) in [5.41, 5.74) is 4.64. The number of rotatable bonds is 5. The van der Waals surface area contributed by atoms with Crippen LogP contribution in [0.4, 0.5) is 10.5 Å². The first-order valence-corrected chi connectivity index (χ1v) is 11.6. The Labute approximate surface area is 207 Å². The number of urea groups is 1. The molecule has 0 bridgehead atoms. The number of carbonyl (C=O) groups excluding carboxylic acids is 1. The zero-order valence-corrected chi connectivity index (χ0v) is 20.1. The Bertz CT molecular complexity index is 1480. The van der Waals surface area contributed by atoms with Gasteiger partial charge in [-0.05, 0) is 78.9 Å². The molecule has 0 fully saturated rings. The molecule has 8 heteroatoms. The molecule has 7 nitrogen and oxygen atoms in total. The van der Waals surface area contributed by atoms with Crippen molar-refractivity contribution in [3.05, 3.63) is 98.3 Å². The summed E-state index contributed by atoms with van der Waals surface area (Å²) in [7, 11) is 0. The van der Waals surface area contributed by atoms with Crippen molar-refractivity contribution < 1.29 is 14.3 Å². The highest BCUT2D eigenvalue weighted by molar-refractivity contribution is 6.30. The average Bonchev–Trinajstić information content (AvgIpc) is 3.29. The lowest BCUT2D eigenvalue weighted by molar-refractivity contribution is 0.174. The number of carbonyl (C=O) groups is 1. The van der Waals surface area contributed by atoms with Crippen LogP contribution in [-0.4, -0.2) is 22.7 Å². The van der Waals surface area contributed by atoms with Crippen molar-refractivity contribution in [2.45, 2.75) is 26.9 Å². The normalized spacial score (nSPS) is 12.1. The molecule has 1 aromatic heterocycles. The number of anilines is 1. The number of nitrogens with one attached hydrogen (secondary N) is 2. The molecule has 1 aliphatic rings. The number of pyridine rings is 1. The van der Waals surface area contributed by atoms with Crippen LogP contribution in [0.15, 0.2) is 65.5 Å². The topological polar surface area (TPSA) is 83.7 Å². The van der Waals surface area contributed by atoms with E-state index >= 15 is 0 Å². The van der Waals surface area contributed by atoms with Gasteiger partial charge in [-0.1, -0.05) is 29.3 Å². The van der Waals surface area contributed by atoms with Gasteiger partial charge in [0.1, 0.15) is 0 Å². The fourth-order valence-corrected chi connectivity index (χ4v) is 4.38. The summed E-state index contributed by atoms with van der Waals surface area (Å²) in [6.45, 7) is 4.54. The minimum atomic E-state index is -0.343. The molecule has 2 heterocycles. The first-order valence-electron chi connectivity index (χ1n) is 11.2. The van der Waals surface area contributed by atoms with Crippen LogP contribution in [-0.2, 0) is 13.1 Å². The van der Waals surface area contributed by atoms with Gasteiger partial charge in [-0.15, -0.1) is 0 Å². The number of aromatic nitrogens is 1. The number of nitrogens with zero attached hydrogens (tertiary/aromatic N) is 1. The number of aromatic amines is 1. The number of amides is 2. The highest BCUT2D eigenvalue weighted by atomic mass is 35.5. The number of benzene rings is 3. The maximum atomic E-state index is 13.3. The summed E-state index contributed by atoms with van der Waals surface area (Å²) in [5, 5.41) is 4.40. The molecule has 0 saturated heterocycles. The Balaban J connectivity index is 1.47. The van der Waals surface area contributed by atoms with Crippen molar-refractivity contribution in [3.8, 4) is 11.5 Å². The van der Waals surface area contributed by atoms with Gasteiger partial charge in [-0.2, -0.15) is 0 Å². The van der Waals surface area contributed by atoms with Gasteiger partial charge < -0.3 is 24.7 Å². The molecular weight excluding hydrogens is 466 g/mol. The third-order valence-electron chi connectivity index (χ3n) is 5.92. The molecule has 0 aliphatic carbocycles. The van der Waals surface area contributed by atoms with E-state index in [2.05, 4.69) is 10.3 Å². The van der Waals surface area contributed by atoms with Gasteiger partial charge in [0, 0.05) is 22.8 Å². The largest absolute Gasteiger partial charge is 0.454 e. The molecule has 1 aliphatic heterocycles. The van der Waals surface area contributed by atoms with Crippen LogP contribution >= 0.6 is 11.6 Å². The summed E-state index contributed by atoms with van der Waals surface area (Å²) in [4.78, 5) is 30.9. The fraction of sp³-hybridized carbons (Fsp3) is 0.185. The lowest BCUT2D eigenvalue weighted by Gasteiger charge is -2.23. The van der Waals surface area contributed by atoms with Crippen molar-refractivity contribution in [1.29, 1.82) is 0 Å². The van der Waals surface area contributed by atoms with E-state index in [1.54, 1.807) is 29.2 Å². The summed E-state index contributed by atoms with van der Waals surface area (Å²) >= 11 is 5.98. The quantitative estimate of drug-likeness (QED) is 0.373. The Morgan fingerprint density at radius 2 is 1.77 bits per heavy atom. The van der Waals surface area contributed by atoms with Gasteiger partial charge >= 0.3 is 6.03 Å². The predicted octanol–water partition coefficient (Wildman–Crippen LogP) is 5.76. The third kappa shape index (κ3) is 4.95. The standard InChI is InChI=1S/C27H24ClN3O4/c1-16-9-17(2)25-19(10-16)12-20(26(32)30-25)14-31(27(33)29-22-6-4-21(28)5-7-22)13-18-3-8-23-24(11-18)35-15-34-23/h3-12H,13-15H2,1-2H3,(H,29,33)(H,30,32). The average molecular weight is 490 g/mol. The van der Waals surface area contributed by atoms with Crippen LogP contribution in [0.2, 0.25) is 5.02 Å². The highest BCUT2D eigenvalue weighted by Gasteiger charge is 2.20. The Hall–Kier alpha value is -3.97. The lowest BCUT2D eigenvalue weighted by atomic mass is 10.0. The van der Waals surface area contributed by atoms with E-state index in [9.17, 15) is 9.59 Å². The van der Waals surface area contributed by atoms with Gasteiger partial charge in [0.15, 0.2) is 11.5 Å². The first kappa shape index (κ1) is 22.8. The molecule has 5 rings (SSSR count). The van der Waals surface area contributed by atoms with E-state index in [1.165, 1.54) is 0 Å². The first-order chi connectivity index (χ1) is 16.9. The molecule has 2 amide bonds. The molecule has 0 spiro atoms. The number of hydrogen-bond acceptors (Lipinski definition) is 4. The van der Waals surface area contributed by atoms with Gasteiger partial charge in [-0.3, -0.25) is 4.79 Å². The van der Waals surface area contributed by atoms with Crippen molar-refractivity contribution >= 4 is 34.2 Å². The number of hydrogen-bond donors (Lipinski definition) is 2. The zero-order chi connectivity index (χ0) is 24.5. The second-order valence-electron chi connectivity index (χ2n) is 8.65. The molecule has 35 heavy (non-hydrogen) atoms. The molecular formula is C27H24ClN3O4. The molecule has 0 radical (unpaired) electrons. The lowest BCUT2D eigenvalue weighted by Crippen LogP contribution is -2.35. The molecule has 3 aromatic carbocycles. The summed E-state index contributed by atoms with van der Waals surface area (Å²) in [5.74, 6) is 1.30. The number of fused-ring (bicyclic) bond motifs is 2. The second-order valence-corrected chi connectivity index (χ2v) is 9.09. The van der Waals surface area contributed by atoms with Gasteiger partial charge in [0.05, 0.1) is 12.1 Å². The van der Waals surface area contributed by atoms with Crippen LogP contribution in [0.3, 0.4) is 0 Å². The second kappa shape index (κ2) is 9.35. The van der Waals surface area contributed by atoms with Crippen molar-refractivity contribution in [3.63, 3.8) is 0 Å². The minimum Gasteiger partial charge on any atom is -0.454 e. The van der Waals surface area contributed by atoms with Crippen molar-refractivity contribution in [2.75, 3.05) is 12.1 Å². The van der Waals surface area contributed by atoms with E-state index in [4.69, 9.17) is 21.1 Å². The molecule has 178 valence electrons. The Morgan fingerprint density at radius 3 is 2.57 bits per heavy atom. The van der Waals surface area contributed by atoms with Gasteiger partial charge in [0.2, 0.25) is 6.79 Å². The van der Waals surface area contributed by atoms with Gasteiger partial charge in [0.25, 0.3) is 5.56 Å². The van der Waals surface area contributed by atoms with Crippen LogP contribution in [0.1, 0.15) is 22.3 Å². The van der Waals surface area contributed by atoms with Crippen LogP contribution in [0, 0.1) is 13.8 Å². The highest BCUT2D eigenvalue weighted by Crippen LogP contribution is 2.33. The third-order valence-corrected chi connectivity index (χ3v) is 6.18. The van der Waals surface area contributed by atoms with Crippen LogP contribution in [0.5, 0.6) is 11.5 Å². The number of H-pyrrole nitrogens is 1. The molecule has 0 atom stereocenters. The Morgan fingerprint density at radius 1 is 1.00 bits per heavy atom. The predicted molar refractivity (Wildman–Crippen MR) is 136 cm³/mol. The maximum Gasteiger partial charge on any atom is 0.322 e. The van der Waals surface area contributed by atoms with Gasteiger partial charge in [-0.25, -0.2) is 4.79 Å². The summed E-state index contributed by atoms with van der Waals surface area (Å²) < 4.78 is 10.9. The number of halogens is 1. The van der Waals surface area contributed by atoms with Crippen molar-refractivity contribution in [1.82, 2.24) is 9.88 Å². The fourth-order valence-electron chi connectivity index (χ4n) is 4.25. The van der Waals surface area contributed by atoms with Crippen molar-refractivity contribution in [2.24, 2.45) is 0 Å². The van der Waals surface area contributed by atoms with E-state index < -0.39 is 0 Å². The van der Waals surface area contributed by atoms with E-state index in [0.29, 0.717) is 27.8 Å². The molecule has 2 N–H and O–H groups in total. The Kier molecular flexibility index (Phi) is 6.09. The summed E-state index contributed by atoms with van der Waals surface area (Å²) in [6, 6.07) is 18.0. The SMILES string of the molecule is Cc1cc(C)c2[nH]c(=O)c(CN(Cc3ccc4c(c3)OCO4)C(=O)Nc3ccc(Cl)cc3)cc2c1. The number of ether oxygens (including phenoxy) is 2. The summed E-state index contributed by atoms with van der Waals surface area (Å²) in [6.07, 6.45) is 0. The maximum absolute atomic E-state index is 13.3.